The molecule has 2 aromatic rings. The number of hydrogen-bond donors (Lipinski definition) is 0. The van der Waals surface area contributed by atoms with Crippen molar-refractivity contribution in [2.75, 3.05) is 0 Å². The number of non-ortho nitro benzene ring substituents is 2. The van der Waals surface area contributed by atoms with Crippen molar-refractivity contribution in [1.29, 1.82) is 0 Å². The van der Waals surface area contributed by atoms with Gasteiger partial charge in [-0.2, -0.15) is 0 Å². The Kier molecular flexibility index (Phi) is 6.38. The standard InChI is InChI=1S/C18H16N2O8/c1-11(21)27-17(13-3-7-15(8-4-13)19(23)24)18(28-12(2)22)14-5-9-16(10-6-14)20(25)26/h3-10,17-18H,1-2H3. The topological polar surface area (TPSA) is 139 Å². The first-order chi connectivity index (χ1) is 13.2. The molecule has 0 aliphatic carbocycles. The van der Waals surface area contributed by atoms with Crippen molar-refractivity contribution in [2.24, 2.45) is 0 Å². The van der Waals surface area contributed by atoms with Gasteiger partial charge in [-0.1, -0.05) is 0 Å². The molecule has 0 aliphatic rings. The third-order valence-corrected chi connectivity index (χ3v) is 3.73. The van der Waals surface area contributed by atoms with E-state index >= 15 is 0 Å². The van der Waals surface area contributed by atoms with Crippen LogP contribution in [0.3, 0.4) is 0 Å². The first-order valence-electron chi connectivity index (χ1n) is 8.02. The van der Waals surface area contributed by atoms with Crippen LogP contribution in [0.5, 0.6) is 0 Å². The van der Waals surface area contributed by atoms with Gasteiger partial charge in [0.05, 0.1) is 9.85 Å². The number of rotatable bonds is 7. The van der Waals surface area contributed by atoms with Gasteiger partial charge in [-0.05, 0) is 35.4 Å². The molecule has 0 spiro atoms. The summed E-state index contributed by atoms with van der Waals surface area (Å²) in [4.78, 5) is 43.7. The summed E-state index contributed by atoms with van der Waals surface area (Å²) in [7, 11) is 0. The van der Waals surface area contributed by atoms with Gasteiger partial charge in [-0.25, -0.2) is 0 Å². The fourth-order valence-corrected chi connectivity index (χ4v) is 2.54. The number of hydrogen-bond acceptors (Lipinski definition) is 8. The molecule has 0 aliphatic heterocycles. The Morgan fingerprint density at radius 2 is 1.00 bits per heavy atom. The smallest absolute Gasteiger partial charge is 0.303 e. The van der Waals surface area contributed by atoms with Crippen LogP contribution in [0.4, 0.5) is 11.4 Å². The Morgan fingerprint density at radius 1 is 0.714 bits per heavy atom. The highest BCUT2D eigenvalue weighted by Gasteiger charge is 2.31. The predicted molar refractivity (Wildman–Crippen MR) is 95.2 cm³/mol. The van der Waals surface area contributed by atoms with Gasteiger partial charge in [-0.15, -0.1) is 0 Å². The van der Waals surface area contributed by atoms with Gasteiger partial charge in [0.25, 0.3) is 11.4 Å². The van der Waals surface area contributed by atoms with Crippen LogP contribution in [0.2, 0.25) is 0 Å². The molecule has 0 radical (unpaired) electrons. The summed E-state index contributed by atoms with van der Waals surface area (Å²) in [5, 5.41) is 21.7. The summed E-state index contributed by atoms with van der Waals surface area (Å²) in [5.74, 6) is -1.33. The summed E-state index contributed by atoms with van der Waals surface area (Å²) in [6.07, 6.45) is -2.22. The monoisotopic (exact) mass is 388 g/mol. The van der Waals surface area contributed by atoms with E-state index in [1.807, 2.05) is 0 Å². The Hall–Kier alpha value is -3.82. The number of ether oxygens (including phenoxy) is 2. The summed E-state index contributed by atoms with van der Waals surface area (Å²) in [6, 6.07) is 10.4. The summed E-state index contributed by atoms with van der Waals surface area (Å²) in [5.41, 5.74) is 0.380. The van der Waals surface area contributed by atoms with E-state index in [0.717, 1.165) is 0 Å². The maximum absolute atomic E-state index is 11.6. The zero-order valence-electron chi connectivity index (χ0n) is 14.9. The van der Waals surface area contributed by atoms with Crippen LogP contribution in [0, 0.1) is 20.2 Å². The van der Waals surface area contributed by atoms with Gasteiger partial charge in [0.2, 0.25) is 0 Å². The molecule has 0 heterocycles. The minimum absolute atomic E-state index is 0.162. The molecule has 2 atom stereocenters. The van der Waals surface area contributed by atoms with E-state index < -0.39 is 34.0 Å². The number of nitrogens with zero attached hydrogens (tertiary/aromatic N) is 2. The van der Waals surface area contributed by atoms with Gasteiger partial charge in [-0.3, -0.25) is 29.8 Å². The van der Waals surface area contributed by atoms with Gasteiger partial charge < -0.3 is 9.47 Å². The van der Waals surface area contributed by atoms with E-state index in [-0.39, 0.29) is 11.4 Å². The molecule has 0 saturated carbocycles. The largest absolute Gasteiger partial charge is 0.453 e. The van der Waals surface area contributed by atoms with Crippen LogP contribution >= 0.6 is 0 Å². The van der Waals surface area contributed by atoms with Gasteiger partial charge in [0.15, 0.2) is 12.2 Å². The lowest BCUT2D eigenvalue weighted by atomic mass is 9.97. The first kappa shape index (κ1) is 20.5. The van der Waals surface area contributed by atoms with E-state index in [9.17, 15) is 29.8 Å². The average Bonchev–Trinajstić information content (AvgIpc) is 2.64. The zero-order valence-corrected chi connectivity index (χ0v) is 14.9. The number of carbonyl (C=O) groups is 2. The summed E-state index contributed by atoms with van der Waals surface area (Å²) >= 11 is 0. The van der Waals surface area contributed by atoms with Crippen molar-refractivity contribution in [3.63, 3.8) is 0 Å². The van der Waals surface area contributed by atoms with E-state index in [1.54, 1.807) is 0 Å². The molecule has 0 fully saturated rings. The SMILES string of the molecule is CC(=O)OC(c1ccc([N+](=O)[O-])cc1)C(OC(C)=O)c1ccc([N+](=O)[O-])cc1. The lowest BCUT2D eigenvalue weighted by molar-refractivity contribution is -0.385. The third-order valence-electron chi connectivity index (χ3n) is 3.73. The quantitative estimate of drug-likeness (QED) is 0.399. The van der Waals surface area contributed by atoms with Crippen molar-refractivity contribution < 1.29 is 28.9 Å². The molecule has 0 N–H and O–H groups in total. The van der Waals surface area contributed by atoms with Gasteiger partial charge in [0.1, 0.15) is 0 Å². The Morgan fingerprint density at radius 3 is 1.21 bits per heavy atom. The number of nitro benzene ring substituents is 2. The van der Waals surface area contributed by atoms with Gasteiger partial charge >= 0.3 is 11.9 Å². The van der Waals surface area contributed by atoms with Gasteiger partial charge in [0, 0.05) is 38.1 Å². The third kappa shape index (κ3) is 5.10. The first-order valence-corrected chi connectivity index (χ1v) is 8.02. The second-order valence-corrected chi connectivity index (χ2v) is 5.76. The molecule has 0 aromatic heterocycles. The fourth-order valence-electron chi connectivity index (χ4n) is 2.54. The number of nitro groups is 2. The fraction of sp³-hybridized carbons (Fsp3) is 0.222. The van der Waals surface area contributed by atoms with Crippen LogP contribution in [0.25, 0.3) is 0 Å². The molecule has 2 rings (SSSR count). The molecular weight excluding hydrogens is 372 g/mol. The summed E-state index contributed by atoms with van der Waals surface area (Å²) < 4.78 is 10.6. The van der Waals surface area contributed by atoms with Crippen molar-refractivity contribution in [2.45, 2.75) is 26.1 Å². The molecule has 28 heavy (non-hydrogen) atoms. The van der Waals surface area contributed by atoms with Crippen LogP contribution in [-0.2, 0) is 19.1 Å². The molecule has 0 bridgehead atoms. The molecule has 2 unspecified atom stereocenters. The van der Waals surface area contributed by atoms with E-state index in [1.165, 1.54) is 62.4 Å². The maximum atomic E-state index is 11.6. The van der Waals surface area contributed by atoms with Crippen LogP contribution in [0.1, 0.15) is 37.2 Å². The summed E-state index contributed by atoms with van der Waals surface area (Å²) in [6.45, 7) is 2.33. The molecule has 0 amide bonds. The molecule has 10 nitrogen and oxygen atoms in total. The van der Waals surface area contributed by atoms with Crippen molar-refractivity contribution in [3.05, 3.63) is 79.9 Å². The van der Waals surface area contributed by atoms with Crippen LogP contribution < -0.4 is 0 Å². The molecule has 10 heteroatoms. The minimum atomic E-state index is -1.11. The highest BCUT2D eigenvalue weighted by Crippen LogP contribution is 2.36. The van der Waals surface area contributed by atoms with E-state index in [4.69, 9.17) is 9.47 Å². The highest BCUT2D eigenvalue weighted by atomic mass is 16.6. The molecule has 2 aromatic carbocycles. The van der Waals surface area contributed by atoms with Crippen molar-refractivity contribution in [1.82, 2.24) is 0 Å². The predicted octanol–water partition coefficient (Wildman–Crippen LogP) is 3.41. The van der Waals surface area contributed by atoms with E-state index in [0.29, 0.717) is 11.1 Å². The zero-order chi connectivity index (χ0) is 20.8. The molecular formula is C18H16N2O8. The Bertz CT molecular complexity index is 817. The van der Waals surface area contributed by atoms with E-state index in [2.05, 4.69) is 0 Å². The van der Waals surface area contributed by atoms with Crippen LogP contribution in [0.15, 0.2) is 48.5 Å². The molecule has 0 saturated heterocycles. The van der Waals surface area contributed by atoms with Crippen LogP contribution in [-0.4, -0.2) is 21.8 Å². The van der Waals surface area contributed by atoms with Crippen molar-refractivity contribution in [3.8, 4) is 0 Å². The average molecular weight is 388 g/mol. The number of esters is 2. The Labute approximate surface area is 159 Å². The highest BCUT2D eigenvalue weighted by molar-refractivity contribution is 5.68. The number of benzene rings is 2. The second kappa shape index (κ2) is 8.71. The Balaban J connectivity index is 2.49. The maximum Gasteiger partial charge on any atom is 0.303 e. The second-order valence-electron chi connectivity index (χ2n) is 5.76. The normalized spacial score (nSPS) is 12.5. The number of carbonyl (C=O) groups excluding carboxylic acids is 2. The van der Waals surface area contributed by atoms with Crippen molar-refractivity contribution >= 4 is 23.3 Å². The lowest BCUT2D eigenvalue weighted by Crippen LogP contribution is -2.21. The minimum Gasteiger partial charge on any atom is -0.453 e. The lowest BCUT2D eigenvalue weighted by Gasteiger charge is -2.27. The molecule has 146 valence electrons.